The fraction of sp³-hybridized carbons (Fsp3) is 0.250. The second-order valence-electron chi connectivity index (χ2n) is 5.54. The van der Waals surface area contributed by atoms with E-state index in [-0.39, 0.29) is 10.5 Å². The van der Waals surface area contributed by atoms with Gasteiger partial charge in [-0.05, 0) is 38.1 Å². The molecule has 2 unspecified atom stereocenters. The Hall–Kier alpha value is -1.99. The summed E-state index contributed by atoms with van der Waals surface area (Å²) >= 11 is 0. The number of nitrogens with one attached hydrogen (secondary N) is 1. The third-order valence-corrected chi connectivity index (χ3v) is 5.10. The van der Waals surface area contributed by atoms with E-state index in [1.54, 1.807) is 19.1 Å². The van der Waals surface area contributed by atoms with Gasteiger partial charge in [-0.3, -0.25) is 4.18 Å². The van der Waals surface area contributed by atoms with E-state index in [9.17, 15) is 17.2 Å². The van der Waals surface area contributed by atoms with Crippen LogP contribution in [0.25, 0.3) is 0 Å². The standard InChI is InChI=1S/C16H15F2NO3S/c1-9-3-5-11(6-4-9)23(20,21)22-16-10(2)19-13-8-7-12(17)15(18)14(13)16/h3-8,10,16,19H,1-2H3. The number of hydrogen-bond acceptors (Lipinski definition) is 4. The van der Waals surface area contributed by atoms with Gasteiger partial charge in [-0.1, -0.05) is 17.7 Å². The molecule has 3 rings (SSSR count). The van der Waals surface area contributed by atoms with Crippen molar-refractivity contribution in [3.05, 3.63) is 59.2 Å². The average Bonchev–Trinajstić information content (AvgIpc) is 2.80. The molecule has 122 valence electrons. The van der Waals surface area contributed by atoms with E-state index >= 15 is 0 Å². The summed E-state index contributed by atoms with van der Waals surface area (Å²) in [5.74, 6) is -2.13. The molecule has 0 radical (unpaired) electrons. The van der Waals surface area contributed by atoms with Crippen LogP contribution in [0.15, 0.2) is 41.3 Å². The van der Waals surface area contributed by atoms with Crippen molar-refractivity contribution in [3.63, 3.8) is 0 Å². The third kappa shape index (κ3) is 2.82. The second-order valence-corrected chi connectivity index (χ2v) is 7.11. The van der Waals surface area contributed by atoms with Gasteiger partial charge in [-0.2, -0.15) is 8.42 Å². The van der Waals surface area contributed by atoms with Crippen LogP contribution >= 0.6 is 0 Å². The van der Waals surface area contributed by atoms with Gasteiger partial charge in [-0.15, -0.1) is 0 Å². The monoisotopic (exact) mass is 339 g/mol. The van der Waals surface area contributed by atoms with Crippen LogP contribution in [0.1, 0.15) is 24.2 Å². The molecular weight excluding hydrogens is 324 g/mol. The summed E-state index contributed by atoms with van der Waals surface area (Å²) in [4.78, 5) is -0.0273. The fourth-order valence-corrected chi connectivity index (χ4v) is 3.69. The summed E-state index contributed by atoms with van der Waals surface area (Å²) < 4.78 is 57.5. The Morgan fingerprint density at radius 1 is 1.09 bits per heavy atom. The zero-order valence-corrected chi connectivity index (χ0v) is 13.3. The van der Waals surface area contributed by atoms with Gasteiger partial charge in [0.05, 0.1) is 10.9 Å². The van der Waals surface area contributed by atoms with E-state index in [1.807, 2.05) is 6.92 Å². The van der Waals surface area contributed by atoms with Gasteiger partial charge in [0, 0.05) is 11.3 Å². The first-order chi connectivity index (χ1) is 10.8. The lowest BCUT2D eigenvalue weighted by Crippen LogP contribution is -2.22. The summed E-state index contributed by atoms with van der Waals surface area (Å²) in [7, 11) is -4.09. The largest absolute Gasteiger partial charge is 0.379 e. The maximum absolute atomic E-state index is 14.1. The zero-order chi connectivity index (χ0) is 16.8. The first kappa shape index (κ1) is 15.9. The number of halogens is 2. The Bertz CT molecular complexity index is 850. The summed E-state index contributed by atoms with van der Waals surface area (Å²) in [6, 6.07) is 7.96. The Morgan fingerprint density at radius 2 is 1.74 bits per heavy atom. The molecule has 0 fully saturated rings. The predicted molar refractivity (Wildman–Crippen MR) is 81.6 cm³/mol. The predicted octanol–water partition coefficient (Wildman–Crippen LogP) is 3.53. The van der Waals surface area contributed by atoms with Crippen LogP contribution in [-0.2, 0) is 14.3 Å². The van der Waals surface area contributed by atoms with Crippen LogP contribution in [-0.4, -0.2) is 14.5 Å². The SMILES string of the molecule is Cc1ccc(S(=O)(=O)OC2c3c(ccc(F)c3F)NC2C)cc1. The molecule has 4 nitrogen and oxygen atoms in total. The number of aryl methyl sites for hydroxylation is 1. The Kier molecular flexibility index (Phi) is 3.85. The molecule has 1 N–H and O–H groups in total. The number of fused-ring (bicyclic) bond motifs is 1. The van der Waals surface area contributed by atoms with E-state index < -0.39 is 33.9 Å². The lowest BCUT2D eigenvalue weighted by atomic mass is 10.1. The topological polar surface area (TPSA) is 55.4 Å². The molecule has 2 aromatic rings. The van der Waals surface area contributed by atoms with Crippen molar-refractivity contribution >= 4 is 15.8 Å². The molecule has 0 aliphatic carbocycles. The van der Waals surface area contributed by atoms with E-state index in [0.717, 1.165) is 11.6 Å². The van der Waals surface area contributed by atoms with Gasteiger partial charge in [-0.25, -0.2) is 8.78 Å². The van der Waals surface area contributed by atoms with Crippen molar-refractivity contribution in [2.75, 3.05) is 5.32 Å². The van der Waals surface area contributed by atoms with E-state index in [1.165, 1.54) is 18.2 Å². The van der Waals surface area contributed by atoms with Crippen molar-refractivity contribution in [2.24, 2.45) is 0 Å². The first-order valence-electron chi connectivity index (χ1n) is 7.04. The highest BCUT2D eigenvalue weighted by atomic mass is 32.2. The Labute approximate surface area is 133 Å². The highest BCUT2D eigenvalue weighted by Crippen LogP contribution is 2.40. The van der Waals surface area contributed by atoms with Crippen molar-refractivity contribution < 1.29 is 21.4 Å². The lowest BCUT2D eigenvalue weighted by molar-refractivity contribution is 0.199. The zero-order valence-electron chi connectivity index (χ0n) is 12.5. The van der Waals surface area contributed by atoms with Gasteiger partial charge in [0.2, 0.25) is 0 Å². The van der Waals surface area contributed by atoms with Crippen LogP contribution in [0.4, 0.5) is 14.5 Å². The maximum Gasteiger partial charge on any atom is 0.297 e. The minimum atomic E-state index is -4.09. The summed E-state index contributed by atoms with van der Waals surface area (Å²) in [6.07, 6.45) is -1.13. The number of benzene rings is 2. The van der Waals surface area contributed by atoms with Gasteiger partial charge in [0.15, 0.2) is 11.6 Å². The molecule has 0 saturated carbocycles. The number of rotatable bonds is 3. The highest BCUT2D eigenvalue weighted by molar-refractivity contribution is 7.86. The molecule has 0 bridgehead atoms. The number of hydrogen-bond donors (Lipinski definition) is 1. The lowest BCUT2D eigenvalue weighted by Gasteiger charge is -2.17. The van der Waals surface area contributed by atoms with Crippen LogP contribution in [0.2, 0.25) is 0 Å². The van der Waals surface area contributed by atoms with Crippen molar-refractivity contribution in [1.82, 2.24) is 0 Å². The Balaban J connectivity index is 1.98. The van der Waals surface area contributed by atoms with Crippen molar-refractivity contribution in [3.8, 4) is 0 Å². The summed E-state index contributed by atoms with van der Waals surface area (Å²) in [6.45, 7) is 3.47. The van der Waals surface area contributed by atoms with Crippen LogP contribution in [0.5, 0.6) is 0 Å². The fourth-order valence-electron chi connectivity index (χ4n) is 2.57. The molecule has 1 aliphatic rings. The minimum Gasteiger partial charge on any atom is -0.379 e. The third-order valence-electron chi connectivity index (χ3n) is 3.79. The van der Waals surface area contributed by atoms with Gasteiger partial charge in [0.1, 0.15) is 6.10 Å². The average molecular weight is 339 g/mol. The van der Waals surface area contributed by atoms with Gasteiger partial charge >= 0.3 is 0 Å². The highest BCUT2D eigenvalue weighted by Gasteiger charge is 2.37. The Morgan fingerprint density at radius 3 is 2.39 bits per heavy atom. The quantitative estimate of drug-likeness (QED) is 0.869. The maximum atomic E-state index is 14.1. The molecule has 0 spiro atoms. The number of anilines is 1. The molecule has 1 aliphatic heterocycles. The normalized spacial score (nSPS) is 20.2. The van der Waals surface area contributed by atoms with Crippen molar-refractivity contribution in [2.45, 2.75) is 30.9 Å². The second kappa shape index (κ2) is 5.58. The van der Waals surface area contributed by atoms with E-state index in [4.69, 9.17) is 4.18 Å². The molecule has 2 aromatic carbocycles. The molecule has 7 heteroatoms. The molecule has 0 saturated heterocycles. The van der Waals surface area contributed by atoms with Crippen LogP contribution in [0, 0.1) is 18.6 Å². The van der Waals surface area contributed by atoms with Gasteiger partial charge < -0.3 is 5.32 Å². The van der Waals surface area contributed by atoms with Gasteiger partial charge in [0.25, 0.3) is 10.1 Å². The minimum absolute atomic E-state index is 0.0273. The first-order valence-corrected chi connectivity index (χ1v) is 8.45. The molecule has 1 heterocycles. The molecular formula is C16H15F2NO3S. The van der Waals surface area contributed by atoms with Crippen LogP contribution < -0.4 is 5.32 Å². The summed E-state index contributed by atoms with van der Waals surface area (Å²) in [5.41, 5.74) is 1.13. The van der Waals surface area contributed by atoms with E-state index in [0.29, 0.717) is 5.69 Å². The van der Waals surface area contributed by atoms with Crippen LogP contribution in [0.3, 0.4) is 0 Å². The van der Waals surface area contributed by atoms with E-state index in [2.05, 4.69) is 5.32 Å². The molecule has 2 atom stereocenters. The molecule has 23 heavy (non-hydrogen) atoms. The summed E-state index contributed by atoms with van der Waals surface area (Å²) in [5, 5.41) is 2.90. The molecule has 0 amide bonds. The molecule has 0 aromatic heterocycles. The van der Waals surface area contributed by atoms with Crippen molar-refractivity contribution in [1.29, 1.82) is 0 Å². The smallest absolute Gasteiger partial charge is 0.297 e.